The van der Waals surface area contributed by atoms with Crippen molar-refractivity contribution in [2.75, 3.05) is 27.9 Å². The second-order valence-corrected chi connectivity index (χ2v) is 10.0. The Bertz CT molecular complexity index is 1690. The highest BCUT2D eigenvalue weighted by Gasteiger charge is 2.36. The lowest BCUT2D eigenvalue weighted by Crippen LogP contribution is -2.40. The maximum Gasteiger partial charge on any atom is 0.338 e. The molecule has 0 spiro atoms. The van der Waals surface area contributed by atoms with Gasteiger partial charge in [0.25, 0.3) is 5.56 Å². The molecule has 10 nitrogen and oxygen atoms in total. The fourth-order valence-electron chi connectivity index (χ4n) is 4.63. The number of carbonyl (C=O) groups is 2. The van der Waals surface area contributed by atoms with Crippen LogP contribution in [0.3, 0.4) is 0 Å². The fourth-order valence-corrected chi connectivity index (χ4v) is 5.65. The van der Waals surface area contributed by atoms with Crippen molar-refractivity contribution in [3.05, 3.63) is 78.5 Å². The summed E-state index contributed by atoms with van der Waals surface area (Å²) < 4.78 is 29.1. The van der Waals surface area contributed by atoms with Gasteiger partial charge in [0.2, 0.25) is 0 Å². The number of thiazole rings is 1. The van der Waals surface area contributed by atoms with Crippen LogP contribution in [-0.2, 0) is 14.3 Å². The number of hydrogen-bond acceptors (Lipinski definition) is 10. The molecule has 0 fully saturated rings. The van der Waals surface area contributed by atoms with Gasteiger partial charge in [0.05, 0.1) is 43.7 Å². The third-order valence-corrected chi connectivity index (χ3v) is 7.35. The van der Waals surface area contributed by atoms with E-state index in [2.05, 4.69) is 0 Å². The summed E-state index contributed by atoms with van der Waals surface area (Å²) in [6.45, 7) is 5.20. The molecule has 0 saturated carbocycles. The minimum atomic E-state index is -0.861. The van der Waals surface area contributed by atoms with E-state index in [0.717, 1.165) is 6.42 Å². The Hall–Kier alpha value is -4.38. The van der Waals surface area contributed by atoms with Crippen molar-refractivity contribution in [1.82, 2.24) is 4.57 Å². The Morgan fingerprint density at radius 2 is 1.73 bits per heavy atom. The molecule has 1 atom stereocenters. The van der Waals surface area contributed by atoms with E-state index in [9.17, 15) is 14.4 Å². The van der Waals surface area contributed by atoms with Crippen molar-refractivity contribution in [3.63, 3.8) is 0 Å². The lowest BCUT2D eigenvalue weighted by atomic mass is 9.93. The van der Waals surface area contributed by atoms with Gasteiger partial charge in [0.15, 0.2) is 16.3 Å². The number of ether oxygens (including phenoxy) is 5. The normalized spacial score (nSPS) is 14.7. The van der Waals surface area contributed by atoms with Gasteiger partial charge < -0.3 is 23.7 Å². The summed E-state index contributed by atoms with van der Waals surface area (Å²) >= 11 is 1.21. The Balaban J connectivity index is 2.00. The first-order chi connectivity index (χ1) is 19.8. The van der Waals surface area contributed by atoms with Crippen molar-refractivity contribution in [3.8, 4) is 23.0 Å². The highest BCUT2D eigenvalue weighted by Crippen LogP contribution is 2.38. The van der Waals surface area contributed by atoms with Crippen LogP contribution < -0.4 is 33.8 Å². The smallest absolute Gasteiger partial charge is 0.338 e. The monoisotopic (exact) mass is 580 g/mol. The standard InChI is InChI=1S/C30H32N2O8S/c1-7-9-21-26(29(35)39-8-2)27(20-16-19(36-4)11-13-22(20)37-5)32-28(34)25(41-30(32)31-21)15-18-10-12-23(40-17(3)33)24(14-18)38-6/h10-16,27H,7-9H2,1-6H3/b25-15-/t27-/m1/s1. The zero-order chi connectivity index (χ0) is 29.7. The van der Waals surface area contributed by atoms with Gasteiger partial charge >= 0.3 is 11.9 Å². The van der Waals surface area contributed by atoms with E-state index in [1.807, 2.05) is 6.92 Å². The third-order valence-electron chi connectivity index (χ3n) is 6.36. The predicted octanol–water partition coefficient (Wildman–Crippen LogP) is 3.53. The largest absolute Gasteiger partial charge is 0.497 e. The minimum absolute atomic E-state index is 0.166. The quantitative estimate of drug-likeness (QED) is 0.264. The topological polar surface area (TPSA) is 115 Å². The van der Waals surface area contributed by atoms with E-state index in [-0.39, 0.29) is 23.5 Å². The first-order valence-corrected chi connectivity index (χ1v) is 13.9. The van der Waals surface area contributed by atoms with E-state index >= 15 is 0 Å². The van der Waals surface area contributed by atoms with Crippen LogP contribution in [0, 0.1) is 0 Å². The SMILES string of the molecule is CCCC1=C(C(=O)OCC)[C@@H](c2cc(OC)ccc2OC)n2c(s/c(=C\c3ccc(OC(C)=O)c(OC)c3)c2=O)=N1. The molecular weight excluding hydrogens is 548 g/mol. The number of aromatic nitrogens is 1. The van der Waals surface area contributed by atoms with E-state index in [1.54, 1.807) is 56.5 Å². The number of nitrogens with zero attached hydrogens (tertiary/aromatic N) is 2. The van der Waals surface area contributed by atoms with Crippen LogP contribution in [0.15, 0.2) is 57.5 Å². The summed E-state index contributed by atoms with van der Waals surface area (Å²) in [5.74, 6) is 0.616. The maximum absolute atomic E-state index is 14.0. The molecule has 1 aromatic heterocycles. The molecule has 0 bridgehead atoms. The summed E-state index contributed by atoms with van der Waals surface area (Å²) in [4.78, 5) is 44.2. The van der Waals surface area contributed by atoms with E-state index in [0.29, 0.717) is 49.8 Å². The zero-order valence-electron chi connectivity index (χ0n) is 23.8. The summed E-state index contributed by atoms with van der Waals surface area (Å²) in [7, 11) is 4.54. The Kier molecular flexibility index (Phi) is 9.28. The molecule has 3 aromatic rings. The lowest BCUT2D eigenvalue weighted by molar-refractivity contribution is -0.139. The van der Waals surface area contributed by atoms with Gasteiger partial charge in [0.1, 0.15) is 17.5 Å². The van der Waals surface area contributed by atoms with Gasteiger partial charge in [0, 0.05) is 12.5 Å². The van der Waals surface area contributed by atoms with Crippen LogP contribution >= 0.6 is 11.3 Å². The number of rotatable bonds is 10. The second kappa shape index (κ2) is 12.9. The van der Waals surface area contributed by atoms with Gasteiger partial charge in [-0.2, -0.15) is 0 Å². The summed E-state index contributed by atoms with van der Waals surface area (Å²) in [6, 6.07) is 9.38. The average molecular weight is 581 g/mol. The van der Waals surface area contributed by atoms with Gasteiger partial charge in [-0.1, -0.05) is 30.7 Å². The number of hydrogen-bond donors (Lipinski definition) is 0. The van der Waals surface area contributed by atoms with Crippen molar-refractivity contribution >= 4 is 29.4 Å². The number of allylic oxidation sites excluding steroid dienone is 1. The Morgan fingerprint density at radius 3 is 2.37 bits per heavy atom. The third kappa shape index (κ3) is 6.04. The van der Waals surface area contributed by atoms with Crippen LogP contribution in [0.4, 0.5) is 0 Å². The van der Waals surface area contributed by atoms with Crippen LogP contribution in [0.25, 0.3) is 6.08 Å². The molecule has 216 valence electrons. The van der Waals surface area contributed by atoms with Crippen LogP contribution in [0.2, 0.25) is 0 Å². The molecule has 0 radical (unpaired) electrons. The van der Waals surface area contributed by atoms with Crippen molar-refractivity contribution < 1.29 is 33.3 Å². The molecule has 41 heavy (non-hydrogen) atoms. The molecular formula is C30H32N2O8S. The summed E-state index contributed by atoms with van der Waals surface area (Å²) in [6.07, 6.45) is 2.95. The summed E-state index contributed by atoms with van der Waals surface area (Å²) in [5, 5.41) is 0. The predicted molar refractivity (Wildman–Crippen MR) is 153 cm³/mol. The number of benzene rings is 2. The van der Waals surface area contributed by atoms with Crippen molar-refractivity contribution in [1.29, 1.82) is 0 Å². The maximum atomic E-state index is 14.0. The molecule has 4 rings (SSSR count). The molecule has 0 saturated heterocycles. The molecule has 11 heteroatoms. The van der Waals surface area contributed by atoms with Crippen LogP contribution in [0.5, 0.6) is 23.0 Å². The first-order valence-electron chi connectivity index (χ1n) is 13.1. The Labute approximate surface area is 241 Å². The number of methoxy groups -OCH3 is 3. The van der Waals surface area contributed by atoms with Gasteiger partial charge in [-0.15, -0.1) is 0 Å². The lowest BCUT2D eigenvalue weighted by Gasteiger charge is -2.27. The van der Waals surface area contributed by atoms with Gasteiger partial charge in [-0.3, -0.25) is 14.2 Å². The van der Waals surface area contributed by atoms with Gasteiger partial charge in [-0.05, 0) is 55.3 Å². The molecule has 2 aromatic carbocycles. The minimum Gasteiger partial charge on any atom is -0.497 e. The van der Waals surface area contributed by atoms with E-state index in [4.69, 9.17) is 28.7 Å². The van der Waals surface area contributed by atoms with Gasteiger partial charge in [-0.25, -0.2) is 9.79 Å². The Morgan fingerprint density at radius 1 is 1.00 bits per heavy atom. The molecule has 2 heterocycles. The molecule has 0 aliphatic carbocycles. The second-order valence-electron chi connectivity index (χ2n) is 9.03. The molecule has 1 aliphatic heterocycles. The van der Waals surface area contributed by atoms with Crippen LogP contribution in [-0.4, -0.2) is 44.4 Å². The van der Waals surface area contributed by atoms with Crippen molar-refractivity contribution in [2.45, 2.75) is 39.7 Å². The zero-order valence-corrected chi connectivity index (χ0v) is 24.6. The fraction of sp³-hybridized carbons (Fsp3) is 0.333. The molecule has 0 N–H and O–H groups in total. The van der Waals surface area contributed by atoms with Crippen molar-refractivity contribution in [2.24, 2.45) is 4.99 Å². The van der Waals surface area contributed by atoms with Crippen LogP contribution in [0.1, 0.15) is 50.8 Å². The highest BCUT2D eigenvalue weighted by molar-refractivity contribution is 7.07. The molecule has 0 unspecified atom stereocenters. The number of esters is 2. The number of carbonyl (C=O) groups excluding carboxylic acids is 2. The molecule has 0 amide bonds. The highest BCUT2D eigenvalue weighted by atomic mass is 32.1. The molecule has 1 aliphatic rings. The number of fused-ring (bicyclic) bond motifs is 1. The summed E-state index contributed by atoms with van der Waals surface area (Å²) in [5.41, 5.74) is 1.71. The average Bonchev–Trinajstić information content (AvgIpc) is 3.26. The first kappa shape index (κ1) is 29.6. The van der Waals surface area contributed by atoms with E-state index < -0.39 is 18.0 Å². The van der Waals surface area contributed by atoms with E-state index in [1.165, 1.54) is 37.0 Å².